The standard InChI is InChI=1S/C25H15FN2/c26-21-14-11-20(12-15-21)25-27-23(24-10-3-4-17-28(24)25)16-13-19-8-5-7-18-6-1-2-9-22(18)19/h1-12,14-15,17H. The topological polar surface area (TPSA) is 17.3 Å². The molecule has 132 valence electrons. The number of nitrogens with zero attached hydrogens (tertiary/aromatic N) is 2. The van der Waals surface area contributed by atoms with E-state index in [0.717, 1.165) is 33.2 Å². The molecule has 0 aliphatic carbocycles. The fourth-order valence-corrected chi connectivity index (χ4v) is 3.39. The average Bonchev–Trinajstić information content (AvgIpc) is 3.11. The molecule has 5 rings (SSSR count). The first-order valence-electron chi connectivity index (χ1n) is 9.02. The van der Waals surface area contributed by atoms with Crippen molar-refractivity contribution < 1.29 is 4.39 Å². The van der Waals surface area contributed by atoms with Gasteiger partial charge in [-0.2, -0.15) is 0 Å². The van der Waals surface area contributed by atoms with Gasteiger partial charge in [0, 0.05) is 17.3 Å². The minimum atomic E-state index is -0.263. The Balaban J connectivity index is 1.67. The van der Waals surface area contributed by atoms with Crippen molar-refractivity contribution in [2.75, 3.05) is 0 Å². The van der Waals surface area contributed by atoms with Crippen LogP contribution in [0.5, 0.6) is 0 Å². The molecular formula is C25H15FN2. The van der Waals surface area contributed by atoms with E-state index in [2.05, 4.69) is 30.0 Å². The highest BCUT2D eigenvalue weighted by molar-refractivity contribution is 5.88. The Kier molecular flexibility index (Phi) is 3.88. The molecule has 0 N–H and O–H groups in total. The largest absolute Gasteiger partial charge is 0.298 e. The van der Waals surface area contributed by atoms with Crippen molar-refractivity contribution in [3.8, 4) is 23.2 Å². The fraction of sp³-hybridized carbons (Fsp3) is 0. The second-order valence-corrected chi connectivity index (χ2v) is 6.52. The van der Waals surface area contributed by atoms with E-state index in [-0.39, 0.29) is 5.82 Å². The van der Waals surface area contributed by atoms with Gasteiger partial charge in [0.1, 0.15) is 17.3 Å². The SMILES string of the molecule is Fc1ccc(-c2nc(C#Cc3cccc4ccccc34)c3ccccn23)cc1. The third-order valence-corrected chi connectivity index (χ3v) is 4.76. The molecule has 0 aliphatic heterocycles. The summed E-state index contributed by atoms with van der Waals surface area (Å²) in [6.45, 7) is 0. The monoisotopic (exact) mass is 362 g/mol. The van der Waals surface area contributed by atoms with E-state index in [0.29, 0.717) is 5.69 Å². The van der Waals surface area contributed by atoms with Gasteiger partial charge in [-0.05, 0) is 59.2 Å². The van der Waals surface area contributed by atoms with E-state index in [1.807, 2.05) is 53.1 Å². The minimum absolute atomic E-state index is 0.263. The van der Waals surface area contributed by atoms with E-state index in [4.69, 9.17) is 4.98 Å². The predicted octanol–water partition coefficient (Wildman–Crippen LogP) is 5.69. The highest BCUT2D eigenvalue weighted by Crippen LogP contribution is 2.23. The molecule has 0 atom stereocenters. The zero-order chi connectivity index (χ0) is 18.9. The first-order valence-corrected chi connectivity index (χ1v) is 9.02. The van der Waals surface area contributed by atoms with Gasteiger partial charge in [-0.25, -0.2) is 9.37 Å². The maximum atomic E-state index is 13.3. The number of imidazole rings is 1. The molecule has 2 nitrogen and oxygen atoms in total. The Morgan fingerprint density at radius 2 is 1.54 bits per heavy atom. The Labute approximate surface area is 161 Å². The molecule has 28 heavy (non-hydrogen) atoms. The Hall–Kier alpha value is -3.90. The molecule has 0 fully saturated rings. The van der Waals surface area contributed by atoms with E-state index < -0.39 is 0 Å². The van der Waals surface area contributed by atoms with Crippen molar-refractivity contribution in [3.63, 3.8) is 0 Å². The minimum Gasteiger partial charge on any atom is -0.298 e. The van der Waals surface area contributed by atoms with Crippen LogP contribution in [0.15, 0.2) is 91.1 Å². The number of benzene rings is 3. The van der Waals surface area contributed by atoms with Crippen molar-refractivity contribution in [1.82, 2.24) is 9.38 Å². The summed E-state index contributed by atoms with van der Waals surface area (Å²) in [5, 5.41) is 2.29. The Morgan fingerprint density at radius 1 is 0.750 bits per heavy atom. The van der Waals surface area contributed by atoms with Crippen LogP contribution in [0.1, 0.15) is 11.3 Å². The molecule has 0 saturated carbocycles. The predicted molar refractivity (Wildman–Crippen MR) is 111 cm³/mol. The zero-order valence-electron chi connectivity index (χ0n) is 14.9. The van der Waals surface area contributed by atoms with Gasteiger partial charge >= 0.3 is 0 Å². The van der Waals surface area contributed by atoms with Crippen molar-refractivity contribution in [3.05, 3.63) is 108 Å². The summed E-state index contributed by atoms with van der Waals surface area (Å²) in [5.41, 5.74) is 3.45. The normalized spacial score (nSPS) is 10.8. The van der Waals surface area contributed by atoms with Crippen LogP contribution in [0.3, 0.4) is 0 Å². The quantitative estimate of drug-likeness (QED) is 0.350. The molecule has 2 aromatic heterocycles. The summed E-state index contributed by atoms with van der Waals surface area (Å²) in [5.74, 6) is 7.01. The van der Waals surface area contributed by atoms with Crippen molar-refractivity contribution in [1.29, 1.82) is 0 Å². The van der Waals surface area contributed by atoms with Crippen LogP contribution in [-0.2, 0) is 0 Å². The van der Waals surface area contributed by atoms with Crippen molar-refractivity contribution in [2.24, 2.45) is 0 Å². The second kappa shape index (κ2) is 6.68. The summed E-state index contributed by atoms with van der Waals surface area (Å²) in [6, 6.07) is 26.6. The zero-order valence-corrected chi connectivity index (χ0v) is 14.9. The van der Waals surface area contributed by atoms with E-state index >= 15 is 0 Å². The van der Waals surface area contributed by atoms with Gasteiger partial charge in [-0.15, -0.1) is 0 Å². The van der Waals surface area contributed by atoms with Crippen LogP contribution in [0.4, 0.5) is 4.39 Å². The highest BCUT2D eigenvalue weighted by Gasteiger charge is 2.11. The Bertz CT molecular complexity index is 1360. The molecule has 0 bridgehead atoms. The third kappa shape index (κ3) is 2.82. The van der Waals surface area contributed by atoms with Crippen LogP contribution in [0, 0.1) is 17.7 Å². The summed E-state index contributed by atoms with van der Waals surface area (Å²) in [6.07, 6.45) is 1.95. The van der Waals surface area contributed by atoms with Gasteiger partial charge < -0.3 is 0 Å². The van der Waals surface area contributed by atoms with Crippen LogP contribution < -0.4 is 0 Å². The lowest BCUT2D eigenvalue weighted by Gasteiger charge is -2.00. The van der Waals surface area contributed by atoms with E-state index in [1.54, 1.807) is 12.1 Å². The van der Waals surface area contributed by atoms with Crippen molar-refractivity contribution >= 4 is 16.3 Å². The number of hydrogen-bond donors (Lipinski definition) is 0. The Morgan fingerprint density at radius 3 is 2.43 bits per heavy atom. The maximum absolute atomic E-state index is 13.3. The molecule has 0 radical (unpaired) electrons. The van der Waals surface area contributed by atoms with Gasteiger partial charge in [0.05, 0.1) is 5.52 Å². The molecule has 0 aliphatic rings. The highest BCUT2D eigenvalue weighted by atomic mass is 19.1. The second-order valence-electron chi connectivity index (χ2n) is 6.52. The fourth-order valence-electron chi connectivity index (χ4n) is 3.39. The van der Waals surface area contributed by atoms with Gasteiger partial charge in [0.25, 0.3) is 0 Å². The summed E-state index contributed by atoms with van der Waals surface area (Å²) < 4.78 is 15.3. The average molecular weight is 362 g/mol. The summed E-state index contributed by atoms with van der Waals surface area (Å²) in [7, 11) is 0. The maximum Gasteiger partial charge on any atom is 0.146 e. The van der Waals surface area contributed by atoms with Gasteiger partial charge in [-0.1, -0.05) is 48.4 Å². The van der Waals surface area contributed by atoms with Crippen molar-refractivity contribution in [2.45, 2.75) is 0 Å². The smallest absolute Gasteiger partial charge is 0.146 e. The molecule has 0 saturated heterocycles. The van der Waals surface area contributed by atoms with Crippen LogP contribution in [0.25, 0.3) is 27.7 Å². The van der Waals surface area contributed by atoms with Crippen LogP contribution >= 0.6 is 0 Å². The molecule has 0 unspecified atom stereocenters. The lowest BCUT2D eigenvalue weighted by Crippen LogP contribution is -1.88. The summed E-state index contributed by atoms with van der Waals surface area (Å²) >= 11 is 0. The third-order valence-electron chi connectivity index (χ3n) is 4.76. The molecule has 3 aromatic carbocycles. The van der Waals surface area contributed by atoms with Gasteiger partial charge in [0.2, 0.25) is 0 Å². The molecule has 3 heteroatoms. The number of pyridine rings is 1. The first-order chi connectivity index (χ1) is 13.8. The number of fused-ring (bicyclic) bond motifs is 2. The van der Waals surface area contributed by atoms with Crippen LogP contribution in [0.2, 0.25) is 0 Å². The number of rotatable bonds is 1. The summed E-state index contributed by atoms with van der Waals surface area (Å²) in [4.78, 5) is 4.75. The molecular weight excluding hydrogens is 347 g/mol. The number of halogens is 1. The molecule has 5 aromatic rings. The van der Waals surface area contributed by atoms with Gasteiger partial charge in [-0.3, -0.25) is 4.40 Å². The molecule has 0 amide bonds. The van der Waals surface area contributed by atoms with E-state index in [9.17, 15) is 4.39 Å². The lowest BCUT2D eigenvalue weighted by molar-refractivity contribution is 0.628. The lowest BCUT2D eigenvalue weighted by atomic mass is 10.1. The first kappa shape index (κ1) is 16.3. The van der Waals surface area contributed by atoms with Crippen LogP contribution in [-0.4, -0.2) is 9.38 Å². The number of aromatic nitrogens is 2. The molecule has 0 spiro atoms. The van der Waals surface area contributed by atoms with E-state index in [1.165, 1.54) is 12.1 Å². The molecule has 2 heterocycles. The van der Waals surface area contributed by atoms with Gasteiger partial charge in [0.15, 0.2) is 0 Å². The number of hydrogen-bond acceptors (Lipinski definition) is 1.